The second kappa shape index (κ2) is 4.04. The van der Waals surface area contributed by atoms with Crippen LogP contribution in [0.4, 0.5) is 5.82 Å². The molecule has 1 aliphatic carbocycles. The summed E-state index contributed by atoms with van der Waals surface area (Å²) in [5.41, 5.74) is 6.27. The Morgan fingerprint density at radius 1 is 1.67 bits per heavy atom. The molecule has 1 aromatic heterocycles. The molecule has 2 rings (SSSR count). The number of aromatic nitrogens is 2. The zero-order valence-electron chi connectivity index (χ0n) is 9.07. The van der Waals surface area contributed by atoms with E-state index >= 15 is 0 Å². The molecule has 1 heterocycles. The van der Waals surface area contributed by atoms with Crippen molar-refractivity contribution in [3.63, 3.8) is 0 Å². The number of rotatable bonds is 5. The lowest BCUT2D eigenvalue weighted by Crippen LogP contribution is -2.10. The molecule has 1 aliphatic rings. The number of anilines is 1. The van der Waals surface area contributed by atoms with Gasteiger partial charge in [-0.3, -0.25) is 9.48 Å². The summed E-state index contributed by atoms with van der Waals surface area (Å²) in [4.78, 5) is 11.6. The van der Waals surface area contributed by atoms with Crippen LogP contribution < -0.4 is 5.73 Å². The van der Waals surface area contributed by atoms with Gasteiger partial charge in [0.05, 0.1) is 0 Å². The standard InChI is InChI=1S/C11H17N3O/c1-2-10(15)9-7-11(12)13-14(9)6-5-8-3-4-8/h7-8H,2-6H2,1H3,(H2,12,13). The molecule has 0 radical (unpaired) electrons. The van der Waals surface area contributed by atoms with E-state index < -0.39 is 0 Å². The van der Waals surface area contributed by atoms with Crippen LogP contribution in [0.3, 0.4) is 0 Å². The van der Waals surface area contributed by atoms with Crippen molar-refractivity contribution in [1.82, 2.24) is 9.78 Å². The minimum absolute atomic E-state index is 0.120. The first kappa shape index (κ1) is 10.2. The van der Waals surface area contributed by atoms with E-state index in [2.05, 4.69) is 5.10 Å². The summed E-state index contributed by atoms with van der Waals surface area (Å²) in [6, 6.07) is 1.68. The van der Waals surface area contributed by atoms with Crippen molar-refractivity contribution in [2.45, 2.75) is 39.2 Å². The molecule has 15 heavy (non-hydrogen) atoms. The van der Waals surface area contributed by atoms with Crippen LogP contribution in [-0.4, -0.2) is 15.6 Å². The Morgan fingerprint density at radius 3 is 3.00 bits per heavy atom. The lowest BCUT2D eigenvalue weighted by molar-refractivity contribution is 0.0977. The number of ketones is 1. The molecular formula is C11H17N3O. The largest absolute Gasteiger partial charge is 0.382 e. The number of nitrogens with zero attached hydrogens (tertiary/aromatic N) is 2. The van der Waals surface area contributed by atoms with Crippen molar-refractivity contribution in [2.24, 2.45) is 5.92 Å². The Labute approximate surface area is 89.5 Å². The van der Waals surface area contributed by atoms with E-state index in [9.17, 15) is 4.79 Å². The average molecular weight is 207 g/mol. The molecule has 82 valence electrons. The maximum Gasteiger partial charge on any atom is 0.180 e. The Morgan fingerprint density at radius 2 is 2.40 bits per heavy atom. The highest BCUT2D eigenvalue weighted by Crippen LogP contribution is 2.32. The summed E-state index contributed by atoms with van der Waals surface area (Å²) in [5, 5.41) is 4.15. The van der Waals surface area contributed by atoms with E-state index in [0.29, 0.717) is 17.9 Å². The smallest absolute Gasteiger partial charge is 0.180 e. The number of carbonyl (C=O) groups excluding carboxylic acids is 1. The quantitative estimate of drug-likeness (QED) is 0.749. The van der Waals surface area contributed by atoms with E-state index in [4.69, 9.17) is 5.73 Å². The summed E-state index contributed by atoms with van der Waals surface area (Å²) in [5.74, 6) is 1.41. The van der Waals surface area contributed by atoms with Gasteiger partial charge in [0, 0.05) is 19.0 Å². The highest BCUT2D eigenvalue weighted by molar-refractivity contribution is 5.94. The number of aryl methyl sites for hydroxylation is 1. The summed E-state index contributed by atoms with van der Waals surface area (Å²) in [6.45, 7) is 2.68. The number of nitrogen functional groups attached to an aromatic ring is 1. The van der Waals surface area contributed by atoms with Gasteiger partial charge < -0.3 is 5.73 Å². The molecule has 0 spiro atoms. The minimum atomic E-state index is 0.120. The van der Waals surface area contributed by atoms with Crippen molar-refractivity contribution in [1.29, 1.82) is 0 Å². The molecule has 1 saturated carbocycles. The number of hydrogen-bond acceptors (Lipinski definition) is 3. The lowest BCUT2D eigenvalue weighted by Gasteiger charge is -2.04. The van der Waals surface area contributed by atoms with Crippen molar-refractivity contribution in [3.8, 4) is 0 Å². The highest BCUT2D eigenvalue weighted by Gasteiger charge is 2.22. The third kappa shape index (κ3) is 2.37. The monoisotopic (exact) mass is 207 g/mol. The SMILES string of the molecule is CCC(=O)c1cc(N)nn1CCC1CC1. The summed E-state index contributed by atoms with van der Waals surface area (Å²) in [6.07, 6.45) is 4.28. The van der Waals surface area contributed by atoms with Gasteiger partial charge in [0.15, 0.2) is 5.78 Å². The van der Waals surface area contributed by atoms with Crippen LogP contribution in [0, 0.1) is 5.92 Å². The van der Waals surface area contributed by atoms with E-state index in [1.165, 1.54) is 12.8 Å². The van der Waals surface area contributed by atoms with Gasteiger partial charge in [0.2, 0.25) is 0 Å². The zero-order valence-corrected chi connectivity index (χ0v) is 9.07. The molecule has 0 atom stereocenters. The van der Waals surface area contributed by atoms with Crippen molar-refractivity contribution in [3.05, 3.63) is 11.8 Å². The number of hydrogen-bond donors (Lipinski definition) is 1. The highest BCUT2D eigenvalue weighted by atomic mass is 16.1. The van der Waals surface area contributed by atoms with E-state index in [1.807, 2.05) is 6.92 Å². The zero-order chi connectivity index (χ0) is 10.8. The summed E-state index contributed by atoms with van der Waals surface area (Å²) < 4.78 is 1.76. The Kier molecular flexibility index (Phi) is 2.75. The first-order valence-corrected chi connectivity index (χ1v) is 5.57. The van der Waals surface area contributed by atoms with Gasteiger partial charge in [-0.2, -0.15) is 5.10 Å². The predicted molar refractivity (Wildman–Crippen MR) is 58.6 cm³/mol. The first-order chi connectivity index (χ1) is 7.20. The fourth-order valence-corrected chi connectivity index (χ4v) is 1.72. The Balaban J connectivity index is 2.09. The Bertz CT molecular complexity index is 366. The fraction of sp³-hybridized carbons (Fsp3) is 0.636. The van der Waals surface area contributed by atoms with Gasteiger partial charge in [-0.25, -0.2) is 0 Å². The van der Waals surface area contributed by atoms with Crippen LogP contribution in [0.15, 0.2) is 6.07 Å². The van der Waals surface area contributed by atoms with Crippen LogP contribution in [-0.2, 0) is 6.54 Å². The molecule has 4 heteroatoms. The van der Waals surface area contributed by atoms with Crippen LogP contribution >= 0.6 is 0 Å². The molecule has 4 nitrogen and oxygen atoms in total. The van der Waals surface area contributed by atoms with Gasteiger partial charge >= 0.3 is 0 Å². The van der Waals surface area contributed by atoms with Gasteiger partial charge in [0.1, 0.15) is 11.5 Å². The van der Waals surface area contributed by atoms with Gasteiger partial charge in [0.25, 0.3) is 0 Å². The predicted octanol–water partition coefficient (Wildman–Crippen LogP) is 1.86. The van der Waals surface area contributed by atoms with E-state index in [1.54, 1.807) is 10.7 Å². The second-order valence-electron chi connectivity index (χ2n) is 4.19. The number of Topliss-reactive ketones (excluding diaryl/α,β-unsaturated/α-hetero) is 1. The number of carbonyl (C=O) groups is 1. The molecule has 1 aromatic rings. The molecule has 0 aromatic carbocycles. The van der Waals surface area contributed by atoms with Crippen LogP contribution in [0.5, 0.6) is 0 Å². The maximum absolute atomic E-state index is 11.6. The molecule has 0 bridgehead atoms. The van der Waals surface area contributed by atoms with E-state index in [0.717, 1.165) is 18.9 Å². The van der Waals surface area contributed by atoms with Crippen molar-refractivity contribution < 1.29 is 4.79 Å². The molecule has 2 N–H and O–H groups in total. The molecule has 0 saturated heterocycles. The average Bonchev–Trinajstić information content (AvgIpc) is 2.98. The summed E-state index contributed by atoms with van der Waals surface area (Å²) >= 11 is 0. The maximum atomic E-state index is 11.6. The van der Waals surface area contributed by atoms with Gasteiger partial charge in [-0.1, -0.05) is 19.8 Å². The van der Waals surface area contributed by atoms with Crippen molar-refractivity contribution in [2.75, 3.05) is 5.73 Å². The second-order valence-corrected chi connectivity index (χ2v) is 4.19. The first-order valence-electron chi connectivity index (χ1n) is 5.57. The molecule has 0 unspecified atom stereocenters. The molecule has 0 aliphatic heterocycles. The summed E-state index contributed by atoms with van der Waals surface area (Å²) in [7, 11) is 0. The van der Waals surface area contributed by atoms with Crippen molar-refractivity contribution >= 4 is 11.6 Å². The Hall–Kier alpha value is -1.32. The van der Waals surface area contributed by atoms with Crippen LogP contribution in [0.1, 0.15) is 43.1 Å². The third-order valence-electron chi connectivity index (χ3n) is 2.85. The van der Waals surface area contributed by atoms with Crippen LogP contribution in [0.25, 0.3) is 0 Å². The topological polar surface area (TPSA) is 60.9 Å². The van der Waals surface area contributed by atoms with Crippen LogP contribution in [0.2, 0.25) is 0 Å². The molecule has 1 fully saturated rings. The van der Waals surface area contributed by atoms with Gasteiger partial charge in [-0.15, -0.1) is 0 Å². The fourth-order valence-electron chi connectivity index (χ4n) is 1.72. The molecular weight excluding hydrogens is 190 g/mol. The number of nitrogens with two attached hydrogens (primary N) is 1. The molecule has 0 amide bonds. The lowest BCUT2D eigenvalue weighted by atomic mass is 10.2. The normalized spacial score (nSPS) is 15.5. The minimum Gasteiger partial charge on any atom is -0.382 e. The van der Waals surface area contributed by atoms with E-state index in [-0.39, 0.29) is 5.78 Å². The third-order valence-corrected chi connectivity index (χ3v) is 2.85. The van der Waals surface area contributed by atoms with Gasteiger partial charge in [-0.05, 0) is 12.3 Å².